The maximum atomic E-state index is 10.8. The Hall–Kier alpha value is -1.69. The molecule has 0 radical (unpaired) electrons. The van der Waals surface area contributed by atoms with Crippen molar-refractivity contribution in [2.45, 2.75) is 37.6 Å². The van der Waals surface area contributed by atoms with Gasteiger partial charge in [0.1, 0.15) is 5.82 Å². The first-order valence-corrected chi connectivity index (χ1v) is 6.10. The third-order valence-corrected chi connectivity index (χ3v) is 3.36. The van der Waals surface area contributed by atoms with Crippen LogP contribution >= 0.6 is 0 Å². The van der Waals surface area contributed by atoms with Crippen molar-refractivity contribution in [2.24, 2.45) is 0 Å². The van der Waals surface area contributed by atoms with E-state index in [-0.39, 0.29) is 17.8 Å². The molecule has 1 saturated carbocycles. The van der Waals surface area contributed by atoms with E-state index in [0.29, 0.717) is 5.82 Å². The summed E-state index contributed by atoms with van der Waals surface area (Å²) >= 11 is 0. The van der Waals surface area contributed by atoms with Gasteiger partial charge in [-0.1, -0.05) is 19.3 Å². The van der Waals surface area contributed by atoms with Crippen LogP contribution in [0.2, 0.25) is 0 Å². The van der Waals surface area contributed by atoms with Gasteiger partial charge in [0, 0.05) is 0 Å². The molecule has 1 heterocycles. The van der Waals surface area contributed by atoms with Crippen LogP contribution < -0.4 is 5.32 Å². The minimum absolute atomic E-state index is 0.0198. The van der Waals surface area contributed by atoms with Crippen molar-refractivity contribution in [3.8, 4) is 0 Å². The molecular weight excluding hydrogens is 234 g/mol. The highest BCUT2D eigenvalue weighted by molar-refractivity contribution is 5.85. The quantitative estimate of drug-likeness (QED) is 0.746. The topological polar surface area (TPSA) is 95.3 Å². The molecule has 0 bridgehead atoms. The highest BCUT2D eigenvalue weighted by Crippen LogP contribution is 2.30. The number of rotatable bonds is 4. The number of aliphatic hydroxyl groups is 1. The van der Waals surface area contributed by atoms with Gasteiger partial charge in [-0.3, -0.25) is 4.98 Å². The summed E-state index contributed by atoms with van der Waals surface area (Å²) in [6.07, 6.45) is 7.70. The Balaban J connectivity index is 2.16. The summed E-state index contributed by atoms with van der Waals surface area (Å²) in [5, 5.41) is 21.6. The Morgan fingerprint density at radius 1 is 1.33 bits per heavy atom. The Bertz CT molecular complexity index is 430. The van der Waals surface area contributed by atoms with Gasteiger partial charge in [0.15, 0.2) is 5.69 Å². The standard InChI is InChI=1S/C12H17N3O3/c16-8-12(4-2-1-3-5-12)15-10-7-13-6-9(14-10)11(17)18/h6-7,16H,1-5,8H2,(H,14,15)(H,17,18). The van der Waals surface area contributed by atoms with Gasteiger partial charge in [0.2, 0.25) is 0 Å². The van der Waals surface area contributed by atoms with Crippen molar-refractivity contribution >= 4 is 11.8 Å². The van der Waals surface area contributed by atoms with E-state index in [1.165, 1.54) is 18.8 Å². The number of carboxylic acids is 1. The smallest absolute Gasteiger partial charge is 0.356 e. The maximum Gasteiger partial charge on any atom is 0.356 e. The van der Waals surface area contributed by atoms with Gasteiger partial charge >= 0.3 is 5.97 Å². The van der Waals surface area contributed by atoms with Crippen LogP contribution in [-0.4, -0.2) is 38.3 Å². The predicted molar refractivity (Wildman–Crippen MR) is 65.5 cm³/mol. The number of hydrogen-bond acceptors (Lipinski definition) is 5. The van der Waals surface area contributed by atoms with Crippen LogP contribution in [-0.2, 0) is 0 Å². The molecule has 1 aliphatic carbocycles. The summed E-state index contributed by atoms with van der Waals surface area (Å²) in [5.41, 5.74) is -0.478. The highest BCUT2D eigenvalue weighted by Gasteiger charge is 2.31. The van der Waals surface area contributed by atoms with Crippen LogP contribution in [0.1, 0.15) is 42.6 Å². The summed E-state index contributed by atoms with van der Waals surface area (Å²) in [4.78, 5) is 18.6. The monoisotopic (exact) mass is 251 g/mol. The number of aliphatic hydroxyl groups excluding tert-OH is 1. The molecule has 98 valence electrons. The summed E-state index contributed by atoms with van der Waals surface area (Å²) in [5.74, 6) is -0.696. The first kappa shape index (κ1) is 12.8. The van der Waals surface area contributed by atoms with Gasteiger partial charge in [-0.25, -0.2) is 9.78 Å². The van der Waals surface area contributed by atoms with Gasteiger partial charge in [0.05, 0.1) is 24.5 Å². The van der Waals surface area contributed by atoms with Crippen molar-refractivity contribution in [3.63, 3.8) is 0 Å². The fraction of sp³-hybridized carbons (Fsp3) is 0.583. The van der Waals surface area contributed by atoms with E-state index in [1.807, 2.05) is 0 Å². The van der Waals surface area contributed by atoms with Gasteiger partial charge in [-0.15, -0.1) is 0 Å². The molecule has 0 saturated heterocycles. The summed E-state index contributed by atoms with van der Waals surface area (Å²) in [6, 6.07) is 0. The number of aromatic nitrogens is 2. The molecule has 0 spiro atoms. The molecular formula is C12H17N3O3. The molecule has 18 heavy (non-hydrogen) atoms. The van der Waals surface area contributed by atoms with E-state index >= 15 is 0 Å². The largest absolute Gasteiger partial charge is 0.476 e. The normalized spacial score (nSPS) is 18.3. The summed E-state index contributed by atoms with van der Waals surface area (Å²) in [7, 11) is 0. The Kier molecular flexibility index (Phi) is 3.76. The van der Waals surface area contributed by atoms with Gasteiger partial charge in [-0.2, -0.15) is 0 Å². The van der Waals surface area contributed by atoms with Crippen LogP contribution in [0, 0.1) is 0 Å². The van der Waals surface area contributed by atoms with E-state index in [9.17, 15) is 9.90 Å². The number of aromatic carboxylic acids is 1. The average Bonchev–Trinajstić information content (AvgIpc) is 2.40. The lowest BCUT2D eigenvalue weighted by molar-refractivity contribution is 0.0690. The first-order valence-electron chi connectivity index (χ1n) is 6.10. The minimum atomic E-state index is -1.10. The van der Waals surface area contributed by atoms with Crippen LogP contribution in [0.3, 0.4) is 0 Å². The Labute approximate surface area is 105 Å². The second-order valence-electron chi connectivity index (χ2n) is 4.72. The molecule has 0 amide bonds. The fourth-order valence-corrected chi connectivity index (χ4v) is 2.35. The second-order valence-corrected chi connectivity index (χ2v) is 4.72. The predicted octanol–water partition coefficient (Wildman–Crippen LogP) is 1.28. The zero-order valence-electron chi connectivity index (χ0n) is 10.1. The number of carboxylic acid groups (broad SMARTS) is 1. The molecule has 3 N–H and O–H groups in total. The number of carbonyl (C=O) groups is 1. The second kappa shape index (κ2) is 5.30. The third kappa shape index (κ3) is 2.76. The van der Waals surface area contributed by atoms with Gasteiger partial charge < -0.3 is 15.5 Å². The van der Waals surface area contributed by atoms with Crippen LogP contribution in [0.15, 0.2) is 12.4 Å². The molecule has 6 heteroatoms. The van der Waals surface area contributed by atoms with Crippen molar-refractivity contribution in [2.75, 3.05) is 11.9 Å². The third-order valence-electron chi connectivity index (χ3n) is 3.36. The minimum Gasteiger partial charge on any atom is -0.476 e. The summed E-state index contributed by atoms with van der Waals surface area (Å²) in [6.45, 7) is 0.0198. The first-order chi connectivity index (χ1) is 8.65. The molecule has 6 nitrogen and oxygen atoms in total. The fourth-order valence-electron chi connectivity index (χ4n) is 2.35. The van der Waals surface area contributed by atoms with Gasteiger partial charge in [0.25, 0.3) is 0 Å². The van der Waals surface area contributed by atoms with Gasteiger partial charge in [-0.05, 0) is 12.8 Å². The molecule has 1 fully saturated rings. The molecule has 0 aromatic carbocycles. The molecule has 2 rings (SSSR count). The maximum absolute atomic E-state index is 10.8. The van der Waals surface area contributed by atoms with Crippen molar-refractivity contribution in [1.82, 2.24) is 9.97 Å². The number of nitrogens with zero attached hydrogens (tertiary/aromatic N) is 2. The van der Waals surface area contributed by atoms with Crippen molar-refractivity contribution < 1.29 is 15.0 Å². The molecule has 1 aliphatic rings. The zero-order chi connectivity index (χ0) is 13.0. The van der Waals surface area contributed by atoms with Crippen molar-refractivity contribution in [1.29, 1.82) is 0 Å². The lowest BCUT2D eigenvalue weighted by atomic mass is 9.82. The number of hydrogen-bond donors (Lipinski definition) is 3. The van der Waals surface area contributed by atoms with Crippen molar-refractivity contribution in [3.05, 3.63) is 18.1 Å². The van der Waals surface area contributed by atoms with E-state index in [2.05, 4.69) is 15.3 Å². The molecule has 1 aromatic rings. The SMILES string of the molecule is O=C(O)c1cncc(NC2(CO)CCCCC2)n1. The molecule has 0 unspecified atom stereocenters. The highest BCUT2D eigenvalue weighted by atomic mass is 16.4. The average molecular weight is 251 g/mol. The van der Waals surface area contributed by atoms with E-state index in [4.69, 9.17) is 5.11 Å². The number of nitrogens with one attached hydrogen (secondary N) is 1. The lowest BCUT2D eigenvalue weighted by Gasteiger charge is -2.36. The Morgan fingerprint density at radius 3 is 2.67 bits per heavy atom. The van der Waals surface area contributed by atoms with Crippen LogP contribution in [0.4, 0.5) is 5.82 Å². The Morgan fingerprint density at radius 2 is 2.06 bits per heavy atom. The van der Waals surface area contributed by atoms with E-state index < -0.39 is 5.97 Å². The molecule has 1 aromatic heterocycles. The van der Waals surface area contributed by atoms with Crippen LogP contribution in [0.5, 0.6) is 0 Å². The number of anilines is 1. The molecule has 0 atom stereocenters. The van der Waals surface area contributed by atoms with E-state index in [0.717, 1.165) is 25.7 Å². The van der Waals surface area contributed by atoms with E-state index in [1.54, 1.807) is 0 Å². The molecule has 0 aliphatic heterocycles. The zero-order valence-corrected chi connectivity index (χ0v) is 10.1. The lowest BCUT2D eigenvalue weighted by Crippen LogP contribution is -2.44. The van der Waals surface area contributed by atoms with Crippen LogP contribution in [0.25, 0.3) is 0 Å². The summed E-state index contributed by atoms with van der Waals surface area (Å²) < 4.78 is 0.